The van der Waals surface area contributed by atoms with E-state index in [0.717, 1.165) is 66.5 Å². The van der Waals surface area contributed by atoms with Crippen LogP contribution < -0.4 is 5.32 Å². The zero-order valence-electron chi connectivity index (χ0n) is 19.3. The van der Waals surface area contributed by atoms with Gasteiger partial charge < -0.3 is 20.1 Å². The van der Waals surface area contributed by atoms with Crippen LogP contribution in [0.2, 0.25) is 0 Å². The number of aromatic nitrogens is 1. The van der Waals surface area contributed by atoms with Crippen LogP contribution in [0.25, 0.3) is 11.1 Å². The third-order valence-corrected chi connectivity index (χ3v) is 7.93. The number of carbonyl (C=O) groups excluding carboxylic acids is 2. The van der Waals surface area contributed by atoms with Crippen molar-refractivity contribution in [2.24, 2.45) is 5.92 Å². The second-order valence-corrected chi connectivity index (χ2v) is 10.3. The summed E-state index contributed by atoms with van der Waals surface area (Å²) in [5, 5.41) is 12.4. The summed E-state index contributed by atoms with van der Waals surface area (Å²) in [6, 6.07) is 6.19. The van der Waals surface area contributed by atoms with Gasteiger partial charge in [-0.1, -0.05) is 6.07 Å². The molecule has 3 heterocycles. The molecule has 34 heavy (non-hydrogen) atoms. The van der Waals surface area contributed by atoms with Crippen molar-refractivity contribution in [3.63, 3.8) is 0 Å². The van der Waals surface area contributed by atoms with Crippen molar-refractivity contribution in [2.45, 2.75) is 63.1 Å². The first kappa shape index (κ1) is 21.7. The molecule has 0 spiro atoms. The molecule has 1 aromatic heterocycles. The predicted octanol–water partition coefficient (Wildman–Crippen LogP) is 3.05. The maximum absolute atomic E-state index is 13.4. The zero-order chi connectivity index (χ0) is 23.2. The fourth-order valence-corrected chi connectivity index (χ4v) is 5.83. The van der Waals surface area contributed by atoms with E-state index in [9.17, 15) is 14.7 Å². The Balaban J connectivity index is 1.16. The Morgan fingerprint density at radius 2 is 2.03 bits per heavy atom. The minimum Gasteiger partial charge on any atom is -0.393 e. The topological polar surface area (TPSA) is 91.8 Å². The average molecular weight is 462 g/mol. The number of aliphatic hydroxyl groups is 1. The molecule has 1 saturated heterocycles. The van der Waals surface area contributed by atoms with Crippen LogP contribution in [0.1, 0.15) is 54.7 Å². The minimum atomic E-state index is -0.153. The number of nitrogens with zero attached hydrogens (tertiary/aromatic N) is 2. The molecule has 2 N–H and O–H groups in total. The number of likely N-dealkylation sites (tertiary alicyclic amines) is 1. The summed E-state index contributed by atoms with van der Waals surface area (Å²) in [4.78, 5) is 31.5. The van der Waals surface area contributed by atoms with Gasteiger partial charge in [-0.05, 0) is 78.8 Å². The van der Waals surface area contributed by atoms with Crippen LogP contribution in [-0.2, 0) is 27.2 Å². The maximum atomic E-state index is 13.4. The van der Waals surface area contributed by atoms with E-state index in [0.29, 0.717) is 32.0 Å². The fraction of sp³-hybridized carbons (Fsp3) is 0.519. The molecule has 1 saturated carbocycles. The Kier molecular flexibility index (Phi) is 5.62. The van der Waals surface area contributed by atoms with Gasteiger partial charge in [0.25, 0.3) is 0 Å². The number of benzene rings is 1. The summed E-state index contributed by atoms with van der Waals surface area (Å²) in [6.07, 6.45) is 9.49. The summed E-state index contributed by atoms with van der Waals surface area (Å²) in [5.41, 5.74) is 6.55. The van der Waals surface area contributed by atoms with Crippen LogP contribution in [0.5, 0.6) is 0 Å². The number of amides is 2. The van der Waals surface area contributed by atoms with E-state index >= 15 is 0 Å². The Morgan fingerprint density at radius 3 is 2.85 bits per heavy atom. The molecule has 2 aliphatic carbocycles. The van der Waals surface area contributed by atoms with Crippen LogP contribution in [0.3, 0.4) is 0 Å². The van der Waals surface area contributed by atoms with Gasteiger partial charge in [0.05, 0.1) is 24.7 Å². The lowest BCUT2D eigenvalue weighted by atomic mass is 9.79. The van der Waals surface area contributed by atoms with Crippen molar-refractivity contribution < 1.29 is 19.4 Å². The molecule has 1 aromatic carbocycles. The lowest BCUT2D eigenvalue weighted by molar-refractivity contribution is -0.149. The van der Waals surface area contributed by atoms with Crippen LogP contribution in [0.4, 0.5) is 5.69 Å². The highest BCUT2D eigenvalue weighted by atomic mass is 16.5. The van der Waals surface area contributed by atoms with E-state index in [4.69, 9.17) is 4.74 Å². The molecule has 1 atom stereocenters. The van der Waals surface area contributed by atoms with Gasteiger partial charge in [-0.15, -0.1) is 0 Å². The van der Waals surface area contributed by atoms with Crippen molar-refractivity contribution >= 4 is 17.5 Å². The van der Waals surface area contributed by atoms with Crippen molar-refractivity contribution in [3.05, 3.63) is 47.3 Å². The van der Waals surface area contributed by atoms with Crippen molar-refractivity contribution in [1.29, 1.82) is 0 Å². The van der Waals surface area contributed by atoms with E-state index in [1.54, 1.807) is 0 Å². The zero-order valence-corrected chi connectivity index (χ0v) is 19.3. The normalized spacial score (nSPS) is 26.1. The lowest BCUT2D eigenvalue weighted by Crippen LogP contribution is -2.56. The Hall–Kier alpha value is -2.77. The summed E-state index contributed by atoms with van der Waals surface area (Å²) in [7, 11) is 0. The molecule has 1 unspecified atom stereocenters. The molecule has 7 nitrogen and oxygen atoms in total. The van der Waals surface area contributed by atoms with E-state index < -0.39 is 0 Å². The number of carbonyl (C=O) groups is 2. The van der Waals surface area contributed by atoms with Crippen LogP contribution in [0.15, 0.2) is 30.6 Å². The third kappa shape index (κ3) is 4.01. The second kappa shape index (κ2) is 8.78. The fourth-order valence-electron chi connectivity index (χ4n) is 5.83. The molecule has 7 heteroatoms. The molecular weight excluding hydrogens is 430 g/mol. The molecule has 2 aliphatic heterocycles. The standard InChI is InChI=1S/C27H31N3O4/c31-19-8-16(9-19)15-34-20-13-30(14-20)27(33)22-3-1-2-21-23(11-28-12-24(21)22)17-4-6-25-18(10-17)5-7-26(32)29-25/h4,6,10-12,16,19-20,22,31H,1-3,5,7-9,13-15H2,(H,29,32). The van der Waals surface area contributed by atoms with E-state index in [1.807, 2.05) is 29.4 Å². The molecule has 0 bridgehead atoms. The number of aryl methyl sites for hydroxylation is 1. The van der Waals surface area contributed by atoms with E-state index in [2.05, 4.69) is 16.4 Å². The highest BCUT2D eigenvalue weighted by Crippen LogP contribution is 2.39. The van der Waals surface area contributed by atoms with Crippen LogP contribution >= 0.6 is 0 Å². The summed E-state index contributed by atoms with van der Waals surface area (Å²) >= 11 is 0. The largest absolute Gasteiger partial charge is 0.393 e. The number of ether oxygens (including phenoxy) is 1. The smallest absolute Gasteiger partial charge is 0.230 e. The number of aliphatic hydroxyl groups excluding tert-OH is 1. The monoisotopic (exact) mass is 461 g/mol. The van der Waals surface area contributed by atoms with Gasteiger partial charge >= 0.3 is 0 Å². The summed E-state index contributed by atoms with van der Waals surface area (Å²) in [5.74, 6) is 0.581. The molecule has 178 valence electrons. The number of fused-ring (bicyclic) bond motifs is 2. The quantitative estimate of drug-likeness (QED) is 0.714. The van der Waals surface area contributed by atoms with Gasteiger partial charge in [0.2, 0.25) is 11.8 Å². The first-order valence-electron chi connectivity index (χ1n) is 12.5. The molecule has 6 rings (SSSR count). The van der Waals surface area contributed by atoms with Gasteiger partial charge in [0.15, 0.2) is 0 Å². The molecule has 2 amide bonds. The molecule has 4 aliphatic rings. The Morgan fingerprint density at radius 1 is 1.18 bits per heavy atom. The number of hydrogen-bond donors (Lipinski definition) is 2. The van der Waals surface area contributed by atoms with Crippen molar-refractivity contribution in [2.75, 3.05) is 25.0 Å². The van der Waals surface area contributed by atoms with Gasteiger partial charge in [0, 0.05) is 43.2 Å². The average Bonchev–Trinajstić information content (AvgIpc) is 2.80. The van der Waals surface area contributed by atoms with Crippen molar-refractivity contribution in [1.82, 2.24) is 9.88 Å². The molecular formula is C27H31N3O4. The first-order valence-corrected chi connectivity index (χ1v) is 12.5. The highest BCUT2D eigenvalue weighted by Gasteiger charge is 2.38. The first-order chi connectivity index (χ1) is 16.5. The summed E-state index contributed by atoms with van der Waals surface area (Å²) < 4.78 is 5.95. The van der Waals surface area contributed by atoms with Gasteiger partial charge in [-0.3, -0.25) is 14.6 Å². The van der Waals surface area contributed by atoms with Crippen molar-refractivity contribution in [3.8, 4) is 11.1 Å². The Bertz CT molecular complexity index is 1120. The van der Waals surface area contributed by atoms with E-state index in [-0.39, 0.29) is 29.9 Å². The SMILES string of the molecule is O=C1CCc2cc(-c3cncc4c3CCCC4C(=O)N3CC(OCC4CC(O)C4)C3)ccc2N1. The Labute approximate surface area is 199 Å². The highest BCUT2D eigenvalue weighted by molar-refractivity contribution is 5.94. The maximum Gasteiger partial charge on any atom is 0.230 e. The number of anilines is 1. The van der Waals surface area contributed by atoms with Gasteiger partial charge in [-0.2, -0.15) is 0 Å². The second-order valence-electron chi connectivity index (χ2n) is 10.3. The number of pyridine rings is 1. The number of rotatable bonds is 5. The van der Waals surface area contributed by atoms with Crippen LogP contribution in [-0.4, -0.2) is 58.7 Å². The molecule has 2 fully saturated rings. The third-order valence-electron chi connectivity index (χ3n) is 7.93. The van der Waals surface area contributed by atoms with Gasteiger partial charge in [0.1, 0.15) is 0 Å². The summed E-state index contributed by atoms with van der Waals surface area (Å²) in [6.45, 7) is 2.00. The lowest BCUT2D eigenvalue weighted by Gasteiger charge is -2.43. The van der Waals surface area contributed by atoms with E-state index in [1.165, 1.54) is 5.56 Å². The number of nitrogens with one attached hydrogen (secondary N) is 1. The molecule has 2 aromatic rings. The molecule has 0 radical (unpaired) electrons. The minimum absolute atomic E-state index is 0.0702. The van der Waals surface area contributed by atoms with Crippen LogP contribution in [0, 0.1) is 5.92 Å². The van der Waals surface area contributed by atoms with Gasteiger partial charge in [-0.25, -0.2) is 0 Å². The number of hydrogen-bond acceptors (Lipinski definition) is 5. The predicted molar refractivity (Wildman–Crippen MR) is 127 cm³/mol.